The Morgan fingerprint density at radius 2 is 1.84 bits per heavy atom. The fourth-order valence-electron chi connectivity index (χ4n) is 3.98. The summed E-state index contributed by atoms with van der Waals surface area (Å²) in [5.74, 6) is -1.86. The lowest BCUT2D eigenvalue weighted by Crippen LogP contribution is -2.43. The normalized spacial score (nSPS) is 14.4. The van der Waals surface area contributed by atoms with Crippen LogP contribution in [-0.2, 0) is 6.54 Å². The number of rotatable bonds is 5. The summed E-state index contributed by atoms with van der Waals surface area (Å²) in [6.07, 6.45) is 1.33. The summed E-state index contributed by atoms with van der Waals surface area (Å²) >= 11 is 0. The monoisotopic (exact) mass is 424 g/mol. The van der Waals surface area contributed by atoms with E-state index >= 15 is 0 Å². The summed E-state index contributed by atoms with van der Waals surface area (Å²) in [4.78, 5) is 28.5. The topological polar surface area (TPSA) is 77.8 Å². The maximum absolute atomic E-state index is 15.0. The van der Waals surface area contributed by atoms with Crippen LogP contribution in [0.25, 0.3) is 16.6 Å². The molecule has 3 aromatic rings. The van der Waals surface area contributed by atoms with Crippen molar-refractivity contribution >= 4 is 22.6 Å². The lowest BCUT2D eigenvalue weighted by molar-refractivity contribution is 0.0695. The van der Waals surface area contributed by atoms with E-state index in [1.54, 1.807) is 10.6 Å². The van der Waals surface area contributed by atoms with Crippen LogP contribution in [0.4, 0.5) is 10.1 Å². The molecule has 0 atom stereocenters. The largest absolute Gasteiger partial charge is 0.477 e. The Morgan fingerprint density at radius 3 is 2.45 bits per heavy atom. The van der Waals surface area contributed by atoms with Crippen LogP contribution in [0.1, 0.15) is 15.9 Å². The molecular formula is C23H25FN4O3. The van der Waals surface area contributed by atoms with Gasteiger partial charge in [0.25, 0.3) is 0 Å². The summed E-state index contributed by atoms with van der Waals surface area (Å²) < 4.78 is 16.6. The van der Waals surface area contributed by atoms with E-state index in [4.69, 9.17) is 0 Å². The van der Waals surface area contributed by atoms with E-state index < -0.39 is 17.2 Å². The van der Waals surface area contributed by atoms with Gasteiger partial charge in [0.1, 0.15) is 11.4 Å². The zero-order valence-corrected chi connectivity index (χ0v) is 17.6. The number of benzene rings is 2. The minimum Gasteiger partial charge on any atom is -0.477 e. The van der Waals surface area contributed by atoms with Crippen molar-refractivity contribution in [3.8, 4) is 5.69 Å². The lowest BCUT2D eigenvalue weighted by Gasteiger charge is -2.30. The van der Waals surface area contributed by atoms with E-state index in [-0.39, 0.29) is 10.9 Å². The predicted octanol–water partition coefficient (Wildman–Crippen LogP) is 2.30. The minimum absolute atomic E-state index is 0.0497. The number of carboxylic acids is 1. The standard InChI is InChI=1S/C23H25FN4O3/c1-26(2)13-15-3-5-16(6-4-15)28-14-18(23(30)31)22(29)17-11-19(24)21(12-20(17)28)27-9-7-25-8-10-27/h3-6,11-12,14,25H,7-10,13H2,1-2H3,(H,30,31). The second-order valence-electron chi connectivity index (χ2n) is 8.01. The molecule has 0 aliphatic carbocycles. The summed E-state index contributed by atoms with van der Waals surface area (Å²) in [6.45, 7) is 3.56. The third kappa shape index (κ3) is 4.17. The number of hydrogen-bond acceptors (Lipinski definition) is 5. The maximum Gasteiger partial charge on any atom is 0.341 e. The van der Waals surface area contributed by atoms with Gasteiger partial charge in [0.2, 0.25) is 5.43 Å². The van der Waals surface area contributed by atoms with Crippen LogP contribution in [0, 0.1) is 5.82 Å². The summed E-state index contributed by atoms with van der Waals surface area (Å²) in [6, 6.07) is 10.5. The van der Waals surface area contributed by atoms with E-state index in [0.29, 0.717) is 30.0 Å². The van der Waals surface area contributed by atoms with Crippen LogP contribution in [0.15, 0.2) is 47.4 Å². The second kappa shape index (κ2) is 8.49. The van der Waals surface area contributed by atoms with Crippen molar-refractivity contribution in [3.63, 3.8) is 0 Å². The zero-order chi connectivity index (χ0) is 22.1. The van der Waals surface area contributed by atoms with Gasteiger partial charge in [-0.3, -0.25) is 4.79 Å². The van der Waals surface area contributed by atoms with Crippen LogP contribution in [-0.4, -0.2) is 60.8 Å². The molecule has 0 radical (unpaired) electrons. The van der Waals surface area contributed by atoms with Crippen LogP contribution in [0.5, 0.6) is 0 Å². The Labute approximate surface area is 179 Å². The van der Waals surface area contributed by atoms with Crippen molar-refractivity contribution in [2.24, 2.45) is 0 Å². The third-order valence-corrected chi connectivity index (χ3v) is 5.47. The van der Waals surface area contributed by atoms with Gasteiger partial charge in [0, 0.05) is 50.0 Å². The molecule has 1 fully saturated rings. The van der Waals surface area contributed by atoms with Crippen molar-refractivity contribution in [2.45, 2.75) is 6.54 Å². The number of nitrogens with zero attached hydrogens (tertiary/aromatic N) is 3. The molecule has 2 N–H and O–H groups in total. The van der Waals surface area contributed by atoms with Crippen LogP contribution < -0.4 is 15.6 Å². The molecule has 2 heterocycles. The summed E-state index contributed by atoms with van der Waals surface area (Å²) in [5.41, 5.74) is 1.62. The lowest BCUT2D eigenvalue weighted by atomic mass is 10.1. The number of hydrogen-bond donors (Lipinski definition) is 2. The Hall–Kier alpha value is -3.23. The molecule has 0 unspecified atom stereocenters. The zero-order valence-electron chi connectivity index (χ0n) is 17.6. The highest BCUT2D eigenvalue weighted by molar-refractivity contribution is 5.94. The first kappa shape index (κ1) is 21.0. The Kier molecular flexibility index (Phi) is 5.75. The highest BCUT2D eigenvalue weighted by Gasteiger charge is 2.21. The van der Waals surface area contributed by atoms with Crippen molar-refractivity contribution in [1.82, 2.24) is 14.8 Å². The third-order valence-electron chi connectivity index (χ3n) is 5.47. The number of carboxylic acid groups (broad SMARTS) is 1. The summed E-state index contributed by atoms with van der Waals surface area (Å²) in [5, 5.41) is 12.8. The van der Waals surface area contributed by atoms with E-state index in [9.17, 15) is 19.1 Å². The van der Waals surface area contributed by atoms with Gasteiger partial charge in [-0.15, -0.1) is 0 Å². The van der Waals surface area contributed by atoms with Crippen molar-refractivity contribution in [3.05, 3.63) is 69.8 Å². The molecule has 31 heavy (non-hydrogen) atoms. The van der Waals surface area contributed by atoms with Gasteiger partial charge in [0.15, 0.2) is 0 Å². The number of nitrogens with one attached hydrogen (secondary N) is 1. The van der Waals surface area contributed by atoms with Crippen LogP contribution in [0.2, 0.25) is 0 Å². The van der Waals surface area contributed by atoms with Gasteiger partial charge >= 0.3 is 5.97 Å². The highest BCUT2D eigenvalue weighted by atomic mass is 19.1. The van der Waals surface area contributed by atoms with Crippen molar-refractivity contribution < 1.29 is 14.3 Å². The average Bonchev–Trinajstić information content (AvgIpc) is 2.75. The van der Waals surface area contributed by atoms with E-state index in [0.717, 1.165) is 25.2 Å². The first-order valence-electron chi connectivity index (χ1n) is 10.2. The molecular weight excluding hydrogens is 399 g/mol. The molecule has 0 amide bonds. The van der Waals surface area contributed by atoms with Gasteiger partial charge < -0.3 is 24.8 Å². The summed E-state index contributed by atoms with van der Waals surface area (Å²) in [7, 11) is 3.96. The first-order chi connectivity index (χ1) is 14.8. The number of piperazine rings is 1. The number of aromatic nitrogens is 1. The average molecular weight is 424 g/mol. The molecule has 7 nitrogen and oxygen atoms in total. The molecule has 1 aliphatic rings. The van der Waals surface area contributed by atoms with E-state index in [2.05, 4.69) is 10.2 Å². The molecule has 8 heteroatoms. The Morgan fingerprint density at radius 1 is 1.16 bits per heavy atom. The van der Waals surface area contributed by atoms with Gasteiger partial charge in [-0.25, -0.2) is 9.18 Å². The number of carbonyl (C=O) groups is 1. The van der Waals surface area contributed by atoms with Gasteiger partial charge in [-0.05, 0) is 43.9 Å². The molecule has 0 bridgehead atoms. The Bertz CT molecular complexity index is 1180. The molecule has 1 aliphatic heterocycles. The quantitative estimate of drug-likeness (QED) is 0.655. The Balaban J connectivity index is 1.92. The molecule has 162 valence electrons. The van der Waals surface area contributed by atoms with Crippen molar-refractivity contribution in [1.29, 1.82) is 0 Å². The number of fused-ring (bicyclic) bond motifs is 1. The van der Waals surface area contributed by atoms with Gasteiger partial charge in [0.05, 0.1) is 11.2 Å². The molecule has 1 saturated heterocycles. The molecule has 1 aromatic heterocycles. The van der Waals surface area contributed by atoms with Gasteiger partial charge in [-0.2, -0.15) is 0 Å². The molecule has 2 aromatic carbocycles. The fourth-order valence-corrected chi connectivity index (χ4v) is 3.98. The van der Waals surface area contributed by atoms with E-state index in [1.165, 1.54) is 12.3 Å². The maximum atomic E-state index is 15.0. The smallest absolute Gasteiger partial charge is 0.341 e. The van der Waals surface area contributed by atoms with Crippen LogP contribution in [0.3, 0.4) is 0 Å². The predicted molar refractivity (Wildman–Crippen MR) is 119 cm³/mol. The first-order valence-corrected chi connectivity index (χ1v) is 10.2. The minimum atomic E-state index is -1.34. The molecule has 0 saturated carbocycles. The van der Waals surface area contributed by atoms with Crippen molar-refractivity contribution in [2.75, 3.05) is 45.2 Å². The molecule has 4 rings (SSSR count). The number of halogens is 1. The van der Waals surface area contributed by atoms with E-state index in [1.807, 2.05) is 43.3 Å². The number of aromatic carboxylic acids is 1. The second-order valence-corrected chi connectivity index (χ2v) is 8.01. The number of anilines is 1. The molecule has 0 spiro atoms. The SMILES string of the molecule is CN(C)Cc1ccc(-n2cc(C(=O)O)c(=O)c3cc(F)c(N4CCNCC4)cc32)cc1. The number of pyridine rings is 1. The fraction of sp³-hybridized carbons (Fsp3) is 0.304. The van der Waals surface area contributed by atoms with Crippen LogP contribution >= 0.6 is 0 Å². The van der Waals surface area contributed by atoms with Gasteiger partial charge in [-0.1, -0.05) is 12.1 Å². The highest BCUT2D eigenvalue weighted by Crippen LogP contribution is 2.27.